The first-order valence-electron chi connectivity index (χ1n) is 5.90. The minimum atomic E-state index is 0.147. The molecule has 0 heterocycles. The van der Waals surface area contributed by atoms with Gasteiger partial charge < -0.3 is 9.64 Å². The molecule has 0 amide bonds. The van der Waals surface area contributed by atoms with Crippen molar-refractivity contribution in [3.05, 3.63) is 29.8 Å². The van der Waals surface area contributed by atoms with Gasteiger partial charge in [0.1, 0.15) is 11.5 Å². The van der Waals surface area contributed by atoms with Gasteiger partial charge in [-0.1, -0.05) is 19.1 Å². The second-order valence-corrected chi connectivity index (χ2v) is 4.35. The van der Waals surface area contributed by atoms with E-state index < -0.39 is 0 Å². The van der Waals surface area contributed by atoms with Crippen molar-refractivity contribution >= 4 is 5.78 Å². The highest BCUT2D eigenvalue weighted by molar-refractivity contribution is 5.78. The van der Waals surface area contributed by atoms with E-state index in [0.717, 1.165) is 11.3 Å². The molecule has 0 saturated heterocycles. The van der Waals surface area contributed by atoms with Crippen LogP contribution in [0.5, 0.6) is 5.75 Å². The summed E-state index contributed by atoms with van der Waals surface area (Å²) in [6.45, 7) is 1.91. The van der Waals surface area contributed by atoms with Crippen LogP contribution in [-0.4, -0.2) is 31.9 Å². The number of hydrogen-bond acceptors (Lipinski definition) is 3. The molecule has 1 aromatic carbocycles. The van der Waals surface area contributed by atoms with E-state index in [-0.39, 0.29) is 6.04 Å². The molecule has 1 aromatic rings. The van der Waals surface area contributed by atoms with Crippen molar-refractivity contribution in [2.45, 2.75) is 25.8 Å². The molecule has 0 aliphatic heterocycles. The third-order valence-corrected chi connectivity index (χ3v) is 2.94. The number of rotatable bonds is 6. The maximum atomic E-state index is 11.6. The largest absolute Gasteiger partial charge is 0.497 e. The smallest absolute Gasteiger partial charge is 0.134 e. The number of methoxy groups -OCH3 is 1. The summed E-state index contributed by atoms with van der Waals surface area (Å²) < 4.78 is 5.13. The molecule has 3 nitrogen and oxygen atoms in total. The number of Topliss-reactive ketones (excluding diaryl/α,β-unsaturated/α-hetero) is 1. The highest BCUT2D eigenvalue weighted by atomic mass is 16.5. The number of hydrogen-bond donors (Lipinski definition) is 0. The summed E-state index contributed by atoms with van der Waals surface area (Å²) in [5.74, 6) is 1.13. The zero-order chi connectivity index (χ0) is 12.8. The normalized spacial score (nSPS) is 12.5. The van der Waals surface area contributed by atoms with Crippen molar-refractivity contribution in [1.82, 2.24) is 4.90 Å². The van der Waals surface area contributed by atoms with Crippen molar-refractivity contribution in [2.24, 2.45) is 0 Å². The van der Waals surface area contributed by atoms with Crippen LogP contribution in [0, 0.1) is 0 Å². The van der Waals surface area contributed by atoms with Gasteiger partial charge in [0.2, 0.25) is 0 Å². The first-order valence-corrected chi connectivity index (χ1v) is 5.90. The van der Waals surface area contributed by atoms with Crippen molar-refractivity contribution in [3.8, 4) is 5.75 Å². The average molecular weight is 235 g/mol. The molecule has 0 spiro atoms. The van der Waals surface area contributed by atoms with Gasteiger partial charge in [0.15, 0.2) is 0 Å². The van der Waals surface area contributed by atoms with E-state index in [1.54, 1.807) is 7.11 Å². The molecule has 0 radical (unpaired) electrons. The lowest BCUT2D eigenvalue weighted by atomic mass is 9.99. The van der Waals surface area contributed by atoms with Crippen molar-refractivity contribution in [3.63, 3.8) is 0 Å². The minimum Gasteiger partial charge on any atom is -0.497 e. The lowest BCUT2D eigenvalue weighted by Gasteiger charge is -2.24. The number of ether oxygens (including phenoxy) is 1. The first kappa shape index (κ1) is 13.7. The predicted octanol–water partition coefficient (Wildman–Crippen LogP) is 2.67. The SMILES string of the molecule is CCC(=O)CC(c1ccc(OC)cc1)N(C)C. The summed E-state index contributed by atoms with van der Waals surface area (Å²) in [7, 11) is 5.65. The quantitative estimate of drug-likeness (QED) is 0.759. The van der Waals surface area contributed by atoms with Crippen LogP contribution >= 0.6 is 0 Å². The topological polar surface area (TPSA) is 29.5 Å². The highest BCUT2D eigenvalue weighted by Gasteiger charge is 2.17. The Morgan fingerprint density at radius 1 is 1.29 bits per heavy atom. The summed E-state index contributed by atoms with van der Waals surface area (Å²) in [4.78, 5) is 13.7. The van der Waals surface area contributed by atoms with Crippen molar-refractivity contribution < 1.29 is 9.53 Å². The Labute approximate surface area is 103 Å². The molecule has 94 valence electrons. The lowest BCUT2D eigenvalue weighted by molar-refractivity contribution is -0.119. The Kier molecular flexibility index (Phi) is 5.16. The van der Waals surface area contributed by atoms with Gasteiger partial charge >= 0.3 is 0 Å². The molecule has 0 aliphatic rings. The van der Waals surface area contributed by atoms with Gasteiger partial charge in [0.05, 0.1) is 7.11 Å². The Morgan fingerprint density at radius 2 is 1.88 bits per heavy atom. The molecule has 1 rings (SSSR count). The van der Waals surface area contributed by atoms with Gasteiger partial charge in [0.25, 0.3) is 0 Å². The molecule has 0 saturated carbocycles. The average Bonchev–Trinajstić information content (AvgIpc) is 2.35. The third kappa shape index (κ3) is 3.86. The van der Waals surface area contributed by atoms with Gasteiger partial charge in [-0.3, -0.25) is 4.79 Å². The van der Waals surface area contributed by atoms with E-state index in [4.69, 9.17) is 4.74 Å². The molecule has 0 bridgehead atoms. The van der Waals surface area contributed by atoms with Crippen LogP contribution in [0.1, 0.15) is 31.4 Å². The number of ketones is 1. The van der Waals surface area contributed by atoms with Crippen LogP contribution in [-0.2, 0) is 4.79 Å². The number of nitrogens with zero attached hydrogens (tertiary/aromatic N) is 1. The zero-order valence-electron chi connectivity index (χ0n) is 11.1. The molecule has 0 fully saturated rings. The fourth-order valence-electron chi connectivity index (χ4n) is 1.78. The van der Waals surface area contributed by atoms with Crippen LogP contribution in [0.3, 0.4) is 0 Å². The van der Waals surface area contributed by atoms with Crippen LogP contribution in [0.2, 0.25) is 0 Å². The summed E-state index contributed by atoms with van der Waals surface area (Å²) in [6, 6.07) is 8.05. The van der Waals surface area contributed by atoms with Gasteiger partial charge in [-0.15, -0.1) is 0 Å². The molecule has 0 aliphatic carbocycles. The van der Waals surface area contributed by atoms with Crippen LogP contribution in [0.4, 0.5) is 0 Å². The summed E-state index contributed by atoms with van der Waals surface area (Å²) in [5, 5.41) is 0. The number of carbonyl (C=O) groups is 1. The molecule has 17 heavy (non-hydrogen) atoms. The van der Waals surface area contributed by atoms with Gasteiger partial charge in [-0.05, 0) is 31.8 Å². The summed E-state index contributed by atoms with van der Waals surface area (Å²) in [6.07, 6.45) is 1.16. The van der Waals surface area contributed by atoms with E-state index in [1.807, 2.05) is 45.3 Å². The lowest BCUT2D eigenvalue weighted by Crippen LogP contribution is -2.22. The molecule has 1 atom stereocenters. The predicted molar refractivity (Wildman–Crippen MR) is 69.3 cm³/mol. The van der Waals surface area contributed by atoms with Crippen LogP contribution < -0.4 is 4.74 Å². The molecular weight excluding hydrogens is 214 g/mol. The minimum absolute atomic E-state index is 0.147. The van der Waals surface area contributed by atoms with E-state index in [1.165, 1.54) is 0 Å². The van der Waals surface area contributed by atoms with E-state index in [9.17, 15) is 4.79 Å². The van der Waals surface area contributed by atoms with Crippen molar-refractivity contribution in [1.29, 1.82) is 0 Å². The summed E-state index contributed by atoms with van der Waals surface area (Å²) in [5.41, 5.74) is 1.15. The van der Waals surface area contributed by atoms with Gasteiger partial charge in [-0.25, -0.2) is 0 Å². The standard InChI is InChI=1S/C14H21NO2/c1-5-12(16)10-14(15(2)3)11-6-8-13(17-4)9-7-11/h6-9,14H,5,10H2,1-4H3. The van der Waals surface area contributed by atoms with Crippen LogP contribution in [0.25, 0.3) is 0 Å². The van der Waals surface area contributed by atoms with E-state index >= 15 is 0 Å². The van der Waals surface area contributed by atoms with E-state index in [2.05, 4.69) is 4.90 Å². The molecular formula is C14H21NO2. The first-order chi connectivity index (χ1) is 8.08. The maximum Gasteiger partial charge on any atom is 0.134 e. The fourth-order valence-corrected chi connectivity index (χ4v) is 1.78. The van der Waals surface area contributed by atoms with Gasteiger partial charge in [-0.2, -0.15) is 0 Å². The Balaban J connectivity index is 2.85. The Morgan fingerprint density at radius 3 is 2.29 bits per heavy atom. The molecule has 1 unspecified atom stereocenters. The number of carbonyl (C=O) groups excluding carboxylic acids is 1. The molecule has 3 heteroatoms. The fraction of sp³-hybridized carbons (Fsp3) is 0.500. The van der Waals surface area contributed by atoms with Gasteiger partial charge in [0, 0.05) is 18.9 Å². The maximum absolute atomic E-state index is 11.6. The Hall–Kier alpha value is -1.35. The second kappa shape index (κ2) is 6.40. The monoisotopic (exact) mass is 235 g/mol. The summed E-state index contributed by atoms with van der Waals surface area (Å²) >= 11 is 0. The second-order valence-electron chi connectivity index (χ2n) is 4.35. The Bertz CT molecular complexity index is 357. The molecule has 0 aromatic heterocycles. The van der Waals surface area contributed by atoms with E-state index in [0.29, 0.717) is 18.6 Å². The van der Waals surface area contributed by atoms with Crippen molar-refractivity contribution in [2.75, 3.05) is 21.2 Å². The highest BCUT2D eigenvalue weighted by Crippen LogP contribution is 2.24. The zero-order valence-corrected chi connectivity index (χ0v) is 11.1. The number of benzene rings is 1. The van der Waals surface area contributed by atoms with Crippen LogP contribution in [0.15, 0.2) is 24.3 Å². The third-order valence-electron chi connectivity index (χ3n) is 2.94. The molecule has 0 N–H and O–H groups in total.